The van der Waals surface area contributed by atoms with Gasteiger partial charge in [-0.1, -0.05) is 18.2 Å². The fourth-order valence-corrected chi connectivity index (χ4v) is 4.52. The van der Waals surface area contributed by atoms with Gasteiger partial charge in [0.1, 0.15) is 6.04 Å². The van der Waals surface area contributed by atoms with E-state index in [0.717, 1.165) is 22.0 Å². The second kappa shape index (κ2) is 6.17. The lowest BCUT2D eigenvalue weighted by Crippen LogP contribution is -2.47. The van der Waals surface area contributed by atoms with E-state index < -0.39 is 26.9 Å². The van der Waals surface area contributed by atoms with Crippen molar-refractivity contribution >= 4 is 27.3 Å². The molecule has 0 fully saturated rings. The summed E-state index contributed by atoms with van der Waals surface area (Å²) in [7, 11) is -2.60. The Bertz CT molecular complexity index is 940. The lowest BCUT2D eigenvalue weighted by molar-refractivity contribution is -0.384. The molecule has 0 radical (unpaired) electrons. The number of hydrogen-bond donors (Lipinski definition) is 1. The number of nitrogens with zero attached hydrogens (tertiary/aromatic N) is 2. The molecule has 3 rings (SSSR count). The molecule has 1 unspecified atom stereocenters. The highest BCUT2D eigenvalue weighted by molar-refractivity contribution is 7.93. The highest BCUT2D eigenvalue weighted by Gasteiger charge is 2.41. The third kappa shape index (κ3) is 2.82. The zero-order chi connectivity index (χ0) is 18.2. The third-order valence-corrected chi connectivity index (χ3v) is 5.92. The van der Waals surface area contributed by atoms with Gasteiger partial charge in [-0.15, -0.1) is 0 Å². The van der Waals surface area contributed by atoms with Crippen molar-refractivity contribution in [3.8, 4) is 0 Å². The molecule has 8 nitrogen and oxygen atoms in total. The van der Waals surface area contributed by atoms with Crippen molar-refractivity contribution in [1.82, 2.24) is 5.32 Å². The predicted octanol–water partition coefficient (Wildman–Crippen LogP) is 1.46. The second-order valence-corrected chi connectivity index (χ2v) is 7.33. The van der Waals surface area contributed by atoms with E-state index in [0.29, 0.717) is 5.69 Å². The van der Waals surface area contributed by atoms with Crippen molar-refractivity contribution in [1.29, 1.82) is 0 Å². The second-order valence-electron chi connectivity index (χ2n) is 5.51. The van der Waals surface area contributed by atoms with Gasteiger partial charge in [-0.05, 0) is 23.8 Å². The Morgan fingerprint density at radius 1 is 1.20 bits per heavy atom. The normalized spacial score (nSPS) is 16.4. The summed E-state index contributed by atoms with van der Waals surface area (Å²) in [5.74, 6) is -0.415. The molecule has 0 bridgehead atoms. The summed E-state index contributed by atoms with van der Waals surface area (Å²) in [6, 6.07) is 10.6. The number of carbonyl (C=O) groups is 1. The number of anilines is 1. The van der Waals surface area contributed by atoms with Crippen LogP contribution in [-0.4, -0.2) is 32.3 Å². The summed E-state index contributed by atoms with van der Waals surface area (Å²) < 4.78 is 27.3. The molecule has 2 aromatic rings. The Balaban J connectivity index is 2.09. The van der Waals surface area contributed by atoms with Gasteiger partial charge in [0.25, 0.3) is 15.7 Å². The number of hydrogen-bond acceptors (Lipinski definition) is 5. The molecule has 9 heteroatoms. The maximum atomic E-state index is 13.1. The first-order valence-electron chi connectivity index (χ1n) is 7.44. The van der Waals surface area contributed by atoms with E-state index in [2.05, 4.69) is 5.32 Å². The van der Waals surface area contributed by atoms with Crippen LogP contribution < -0.4 is 9.62 Å². The number of rotatable bonds is 4. The zero-order valence-electron chi connectivity index (χ0n) is 13.2. The zero-order valence-corrected chi connectivity index (χ0v) is 14.1. The minimum absolute atomic E-state index is 0.108. The van der Waals surface area contributed by atoms with Gasteiger partial charge in [0.05, 0.1) is 15.5 Å². The van der Waals surface area contributed by atoms with Gasteiger partial charge in [0.2, 0.25) is 5.91 Å². The van der Waals surface area contributed by atoms with Crippen molar-refractivity contribution in [2.75, 3.05) is 11.4 Å². The van der Waals surface area contributed by atoms with Gasteiger partial charge < -0.3 is 5.32 Å². The number of nitro groups is 1. The van der Waals surface area contributed by atoms with Crippen molar-refractivity contribution < 1.29 is 18.1 Å². The topological polar surface area (TPSA) is 110 Å². The lowest BCUT2D eigenvalue weighted by Gasteiger charge is -2.25. The summed E-state index contributed by atoms with van der Waals surface area (Å²) in [5.41, 5.74) is 0.986. The quantitative estimate of drug-likeness (QED) is 0.655. The van der Waals surface area contributed by atoms with Crippen LogP contribution in [0, 0.1) is 10.1 Å². The average molecular weight is 361 g/mol. The van der Waals surface area contributed by atoms with Gasteiger partial charge in [-0.3, -0.25) is 19.2 Å². The molecule has 0 aromatic heterocycles. The van der Waals surface area contributed by atoms with Gasteiger partial charge in [-0.2, -0.15) is 0 Å². The number of nitrogens with one attached hydrogen (secondary N) is 1. The van der Waals surface area contributed by atoms with E-state index in [1.807, 2.05) is 0 Å². The highest BCUT2D eigenvalue weighted by Crippen LogP contribution is 2.37. The Morgan fingerprint density at radius 2 is 1.84 bits per heavy atom. The van der Waals surface area contributed by atoms with E-state index >= 15 is 0 Å². The first kappa shape index (κ1) is 16.9. The molecular weight excluding hydrogens is 346 g/mol. The molecule has 1 aliphatic heterocycles. The number of nitro benzene ring substituents is 1. The van der Waals surface area contributed by atoms with Gasteiger partial charge in [0.15, 0.2) is 0 Å². The van der Waals surface area contributed by atoms with Crippen LogP contribution in [0.1, 0.15) is 5.56 Å². The fourth-order valence-electron chi connectivity index (χ4n) is 2.87. The number of para-hydroxylation sites is 1. The Labute approximate surface area is 144 Å². The maximum Gasteiger partial charge on any atom is 0.269 e. The lowest BCUT2D eigenvalue weighted by atomic mass is 10.1. The monoisotopic (exact) mass is 361 g/mol. The van der Waals surface area contributed by atoms with Gasteiger partial charge in [0, 0.05) is 25.6 Å². The molecule has 1 atom stereocenters. The van der Waals surface area contributed by atoms with Crippen LogP contribution >= 0.6 is 0 Å². The summed E-state index contributed by atoms with van der Waals surface area (Å²) in [6.07, 6.45) is 0.266. The standard InChI is InChI=1S/C16H15N3O5S/c1-17-16(20)15-10-11-4-2-3-5-14(11)18(15)25(23,24)13-8-6-12(7-9-13)19(21)22/h2-9,15H,10H2,1H3,(H,17,20). The van der Waals surface area contributed by atoms with Crippen LogP contribution in [0.4, 0.5) is 11.4 Å². The van der Waals surface area contributed by atoms with Crippen LogP contribution in [0.2, 0.25) is 0 Å². The Hall–Kier alpha value is -2.94. The van der Waals surface area contributed by atoms with E-state index in [9.17, 15) is 23.3 Å². The minimum atomic E-state index is -4.05. The number of likely N-dealkylation sites (N-methyl/N-ethyl adjacent to an activating group) is 1. The largest absolute Gasteiger partial charge is 0.357 e. The number of amides is 1. The van der Waals surface area contributed by atoms with E-state index in [-0.39, 0.29) is 17.0 Å². The molecule has 0 spiro atoms. The first-order valence-corrected chi connectivity index (χ1v) is 8.88. The number of sulfonamides is 1. The van der Waals surface area contributed by atoms with E-state index in [1.54, 1.807) is 24.3 Å². The summed E-state index contributed by atoms with van der Waals surface area (Å²) in [6.45, 7) is 0. The van der Waals surface area contributed by atoms with Crippen molar-refractivity contribution in [3.05, 3.63) is 64.2 Å². The molecule has 1 amide bonds. The highest BCUT2D eigenvalue weighted by atomic mass is 32.2. The molecule has 0 saturated heterocycles. The van der Waals surface area contributed by atoms with E-state index in [1.165, 1.54) is 19.2 Å². The molecule has 2 aromatic carbocycles. The summed E-state index contributed by atoms with van der Waals surface area (Å²) >= 11 is 0. The summed E-state index contributed by atoms with van der Waals surface area (Å²) in [4.78, 5) is 22.3. The van der Waals surface area contributed by atoms with Crippen molar-refractivity contribution in [3.63, 3.8) is 0 Å². The molecular formula is C16H15N3O5S. The smallest absolute Gasteiger partial charge is 0.269 e. The maximum absolute atomic E-state index is 13.1. The summed E-state index contributed by atoms with van der Waals surface area (Å²) in [5, 5.41) is 13.2. The van der Waals surface area contributed by atoms with Crippen LogP contribution in [0.15, 0.2) is 53.4 Å². The first-order chi connectivity index (χ1) is 11.9. The molecule has 1 N–H and O–H groups in total. The van der Waals surface area contributed by atoms with E-state index in [4.69, 9.17) is 0 Å². The molecule has 0 aliphatic carbocycles. The van der Waals surface area contributed by atoms with Crippen LogP contribution in [0.25, 0.3) is 0 Å². The third-order valence-electron chi connectivity index (χ3n) is 4.08. The predicted molar refractivity (Wildman–Crippen MR) is 90.8 cm³/mol. The molecule has 130 valence electrons. The van der Waals surface area contributed by atoms with Crippen LogP contribution in [0.3, 0.4) is 0 Å². The van der Waals surface area contributed by atoms with Crippen molar-refractivity contribution in [2.24, 2.45) is 0 Å². The number of carbonyl (C=O) groups excluding carboxylic acids is 1. The Kier molecular flexibility index (Phi) is 4.17. The number of non-ortho nitro benzene ring substituents is 1. The fraction of sp³-hybridized carbons (Fsp3) is 0.188. The molecule has 25 heavy (non-hydrogen) atoms. The SMILES string of the molecule is CNC(=O)C1Cc2ccccc2N1S(=O)(=O)c1ccc([N+](=O)[O-])cc1. The average Bonchev–Trinajstić information content (AvgIpc) is 3.01. The van der Waals surface area contributed by atoms with Gasteiger partial charge >= 0.3 is 0 Å². The minimum Gasteiger partial charge on any atom is -0.357 e. The van der Waals surface area contributed by atoms with Crippen molar-refractivity contribution in [2.45, 2.75) is 17.4 Å². The van der Waals surface area contributed by atoms with Crippen LogP contribution in [0.5, 0.6) is 0 Å². The van der Waals surface area contributed by atoms with Gasteiger partial charge in [-0.25, -0.2) is 8.42 Å². The van der Waals surface area contributed by atoms with Crippen LogP contribution in [-0.2, 0) is 21.2 Å². The Morgan fingerprint density at radius 3 is 2.44 bits per heavy atom. The molecule has 1 aliphatic rings. The number of benzene rings is 2. The molecule has 1 heterocycles. The number of fused-ring (bicyclic) bond motifs is 1. The molecule has 0 saturated carbocycles.